The van der Waals surface area contributed by atoms with Gasteiger partial charge in [-0.2, -0.15) is 5.10 Å². The molecule has 1 amide bonds. The Morgan fingerprint density at radius 3 is 2.70 bits per heavy atom. The summed E-state index contributed by atoms with van der Waals surface area (Å²) in [7, 11) is 0. The number of aromatic nitrogens is 4. The van der Waals surface area contributed by atoms with Crippen LogP contribution in [0.25, 0.3) is 11.4 Å². The Labute approximate surface area is 175 Å². The Hall–Kier alpha value is -3.85. The zero-order valence-corrected chi connectivity index (χ0v) is 16.6. The van der Waals surface area contributed by atoms with Gasteiger partial charge in [0.1, 0.15) is 11.5 Å². The van der Waals surface area contributed by atoms with Crippen molar-refractivity contribution in [2.75, 3.05) is 5.32 Å². The number of para-hydroxylation sites is 1. The third kappa shape index (κ3) is 3.70. The smallest absolute Gasteiger partial charge is 0.280 e. The molecule has 7 nitrogen and oxygen atoms in total. The summed E-state index contributed by atoms with van der Waals surface area (Å²) in [4.78, 5) is 28.0. The van der Waals surface area contributed by atoms with E-state index >= 15 is 0 Å². The fraction of sp³-hybridized carbons (Fsp3) is 0.0476. The predicted molar refractivity (Wildman–Crippen MR) is 113 cm³/mol. The number of H-pyrrole nitrogens is 1. The number of benzene rings is 2. The number of halogens is 1. The number of anilines is 1. The number of nitrogens with zero attached hydrogens (tertiary/aromatic N) is 3. The van der Waals surface area contributed by atoms with Crippen molar-refractivity contribution in [2.45, 2.75) is 6.92 Å². The van der Waals surface area contributed by atoms with Crippen LogP contribution in [0.5, 0.6) is 0 Å². The number of imidazole rings is 1. The van der Waals surface area contributed by atoms with E-state index in [9.17, 15) is 14.0 Å². The summed E-state index contributed by atoms with van der Waals surface area (Å²) in [6.07, 6.45) is 3.47. The van der Waals surface area contributed by atoms with Crippen LogP contribution >= 0.6 is 12.2 Å². The van der Waals surface area contributed by atoms with Gasteiger partial charge in [0, 0.05) is 35.5 Å². The average molecular weight is 421 g/mol. The van der Waals surface area contributed by atoms with Gasteiger partial charge in [-0.1, -0.05) is 18.2 Å². The number of amides is 1. The van der Waals surface area contributed by atoms with Gasteiger partial charge in [0.05, 0.1) is 0 Å². The lowest BCUT2D eigenvalue weighted by Crippen LogP contribution is -2.27. The summed E-state index contributed by atoms with van der Waals surface area (Å²) in [6, 6.07) is 14.2. The Kier molecular flexibility index (Phi) is 5.11. The van der Waals surface area contributed by atoms with Gasteiger partial charge in [0.15, 0.2) is 10.5 Å². The number of hydrogen-bond acceptors (Lipinski definition) is 4. The van der Waals surface area contributed by atoms with E-state index < -0.39 is 17.2 Å². The number of rotatable bonds is 4. The molecule has 0 spiro atoms. The first-order valence-corrected chi connectivity index (χ1v) is 9.38. The monoisotopic (exact) mass is 421 g/mol. The first-order valence-electron chi connectivity index (χ1n) is 8.98. The van der Waals surface area contributed by atoms with Crippen molar-refractivity contribution in [3.8, 4) is 11.4 Å². The van der Waals surface area contributed by atoms with E-state index in [1.54, 1.807) is 54.2 Å². The highest BCUT2D eigenvalue weighted by Gasteiger charge is 2.17. The Morgan fingerprint density at radius 1 is 1.17 bits per heavy atom. The SMILES string of the molecule is Cc1cc(=O)c(C(=O)Nc2cccc(-n3cc[nH]c3=S)c2)nn1-c1ccccc1F. The van der Waals surface area contributed by atoms with Gasteiger partial charge in [0.25, 0.3) is 5.91 Å². The second-order valence-corrected chi connectivity index (χ2v) is 6.89. The molecule has 0 saturated heterocycles. The molecule has 9 heteroatoms. The minimum atomic E-state index is -0.695. The molecule has 0 fully saturated rings. The first kappa shape index (κ1) is 19.5. The largest absolute Gasteiger partial charge is 0.337 e. The highest BCUT2D eigenvalue weighted by molar-refractivity contribution is 7.71. The standard InChI is InChI=1S/C21H16FN5O2S/c1-13-11-18(28)19(25-27(13)17-8-3-2-7-16(17)22)20(29)24-14-5-4-6-15(12-14)26-10-9-23-21(26)30/h2-12H,1H3,(H,23,30)(H,24,29). The third-order valence-electron chi connectivity index (χ3n) is 4.43. The number of carbonyl (C=O) groups is 1. The number of nitrogens with one attached hydrogen (secondary N) is 2. The molecule has 0 bridgehead atoms. The molecule has 2 N–H and O–H groups in total. The second-order valence-electron chi connectivity index (χ2n) is 6.50. The summed E-state index contributed by atoms with van der Waals surface area (Å²) in [5.41, 5.74) is 0.854. The van der Waals surface area contributed by atoms with Gasteiger partial charge in [-0.3, -0.25) is 14.2 Å². The zero-order chi connectivity index (χ0) is 21.3. The lowest BCUT2D eigenvalue weighted by molar-refractivity contribution is 0.101. The maximum atomic E-state index is 14.2. The summed E-state index contributed by atoms with van der Waals surface area (Å²) >= 11 is 5.21. The zero-order valence-electron chi connectivity index (χ0n) is 15.8. The summed E-state index contributed by atoms with van der Waals surface area (Å²) in [5.74, 6) is -1.21. The van der Waals surface area contributed by atoms with E-state index in [0.717, 1.165) is 5.69 Å². The van der Waals surface area contributed by atoms with Crippen molar-refractivity contribution in [1.82, 2.24) is 19.3 Å². The van der Waals surface area contributed by atoms with Crippen molar-refractivity contribution in [1.29, 1.82) is 0 Å². The normalized spacial score (nSPS) is 10.7. The van der Waals surface area contributed by atoms with Crippen molar-refractivity contribution >= 4 is 23.8 Å². The van der Waals surface area contributed by atoms with Gasteiger partial charge in [-0.15, -0.1) is 0 Å². The van der Waals surface area contributed by atoms with Crippen molar-refractivity contribution in [3.63, 3.8) is 0 Å². The van der Waals surface area contributed by atoms with Gasteiger partial charge in [-0.05, 0) is 49.5 Å². The average Bonchev–Trinajstić information content (AvgIpc) is 3.15. The lowest BCUT2D eigenvalue weighted by atomic mass is 10.2. The molecule has 150 valence electrons. The van der Waals surface area contributed by atoms with Crippen LogP contribution in [0.3, 0.4) is 0 Å². The first-order chi connectivity index (χ1) is 14.4. The van der Waals surface area contributed by atoms with Crippen LogP contribution < -0.4 is 10.7 Å². The van der Waals surface area contributed by atoms with Crippen LogP contribution in [0, 0.1) is 17.5 Å². The summed E-state index contributed by atoms with van der Waals surface area (Å²) in [6.45, 7) is 1.62. The quantitative estimate of drug-likeness (QED) is 0.491. The molecule has 0 aliphatic rings. The Bertz CT molecular complexity index is 1370. The molecule has 0 saturated carbocycles. The molecule has 2 heterocycles. The predicted octanol–water partition coefficient (Wildman–Crippen LogP) is 3.78. The summed E-state index contributed by atoms with van der Waals surface area (Å²) in [5, 5.41) is 6.78. The molecule has 0 radical (unpaired) electrons. The van der Waals surface area contributed by atoms with Crippen molar-refractivity contribution in [3.05, 3.63) is 99.2 Å². The van der Waals surface area contributed by atoms with E-state index in [4.69, 9.17) is 12.2 Å². The topological polar surface area (TPSA) is 84.7 Å². The van der Waals surface area contributed by atoms with E-state index in [-0.39, 0.29) is 11.4 Å². The van der Waals surface area contributed by atoms with Crippen molar-refractivity contribution in [2.24, 2.45) is 0 Å². The highest BCUT2D eigenvalue weighted by atomic mass is 32.1. The molecule has 4 aromatic rings. The van der Waals surface area contributed by atoms with E-state index in [1.165, 1.54) is 22.9 Å². The molecular formula is C21H16FN5O2S. The van der Waals surface area contributed by atoms with Gasteiger partial charge in [0.2, 0.25) is 5.43 Å². The number of hydrogen-bond donors (Lipinski definition) is 2. The van der Waals surface area contributed by atoms with E-state index in [1.807, 2.05) is 6.07 Å². The molecule has 0 atom stereocenters. The molecule has 2 aromatic carbocycles. The van der Waals surface area contributed by atoms with E-state index in [2.05, 4.69) is 15.4 Å². The van der Waals surface area contributed by atoms with Crippen LogP contribution in [0.1, 0.15) is 16.2 Å². The van der Waals surface area contributed by atoms with Crippen molar-refractivity contribution < 1.29 is 9.18 Å². The lowest BCUT2D eigenvalue weighted by Gasteiger charge is -2.12. The van der Waals surface area contributed by atoms with Crippen LogP contribution in [0.15, 0.2) is 71.8 Å². The second kappa shape index (κ2) is 7.88. The minimum absolute atomic E-state index is 0.146. The number of aromatic amines is 1. The fourth-order valence-electron chi connectivity index (χ4n) is 3.02. The maximum absolute atomic E-state index is 14.2. The van der Waals surface area contributed by atoms with Gasteiger partial charge in [-0.25, -0.2) is 9.07 Å². The van der Waals surface area contributed by atoms with Crippen LogP contribution in [0.2, 0.25) is 0 Å². The molecule has 0 aliphatic carbocycles. The van der Waals surface area contributed by atoms with Crippen LogP contribution in [0.4, 0.5) is 10.1 Å². The fourth-order valence-corrected chi connectivity index (χ4v) is 3.25. The minimum Gasteiger partial charge on any atom is -0.337 e. The molecule has 0 aliphatic heterocycles. The van der Waals surface area contributed by atoms with Crippen LogP contribution in [-0.2, 0) is 0 Å². The maximum Gasteiger partial charge on any atom is 0.280 e. The number of aryl methyl sites for hydroxylation is 1. The molecule has 0 unspecified atom stereocenters. The van der Waals surface area contributed by atoms with E-state index in [0.29, 0.717) is 16.2 Å². The number of carbonyl (C=O) groups excluding carboxylic acids is 1. The van der Waals surface area contributed by atoms with Gasteiger partial charge >= 0.3 is 0 Å². The van der Waals surface area contributed by atoms with Crippen LogP contribution in [-0.4, -0.2) is 25.2 Å². The Morgan fingerprint density at radius 2 is 1.97 bits per heavy atom. The third-order valence-corrected chi connectivity index (χ3v) is 4.75. The highest BCUT2D eigenvalue weighted by Crippen LogP contribution is 2.16. The Balaban J connectivity index is 1.69. The molecule has 30 heavy (non-hydrogen) atoms. The molecule has 2 aromatic heterocycles. The summed E-state index contributed by atoms with van der Waals surface area (Å²) < 4.78 is 17.7. The molecule has 4 rings (SSSR count). The molecular weight excluding hydrogens is 405 g/mol. The van der Waals surface area contributed by atoms with Gasteiger partial charge < -0.3 is 10.3 Å².